The van der Waals surface area contributed by atoms with Crippen LogP contribution in [0.15, 0.2) is 52.0 Å². The molecule has 1 aromatic carbocycles. The molecule has 0 aliphatic heterocycles. The molecule has 0 atom stereocenters. The van der Waals surface area contributed by atoms with Gasteiger partial charge in [-0.3, -0.25) is 9.59 Å². The number of primary sulfonamides is 1. The molecular formula is C16H19N3O5S. The number of hydrogen-bond donors (Lipinski definition) is 3. The standard InChI is InChI=1S/C16H19N3O5S/c17-25(22,23)13-5-1-4-12(10-13)11-19-15(20)7-2-8-18-16(21)14-6-3-9-24-14/h1,3-6,9-10H,2,7-8,11H2,(H,18,21)(H,19,20)(H2,17,22,23). The van der Waals surface area contributed by atoms with E-state index in [1.807, 2.05) is 0 Å². The van der Waals surface area contributed by atoms with Gasteiger partial charge in [0.2, 0.25) is 15.9 Å². The molecule has 1 aromatic heterocycles. The summed E-state index contributed by atoms with van der Waals surface area (Å²) in [4.78, 5) is 23.4. The first-order valence-electron chi connectivity index (χ1n) is 7.56. The normalized spacial score (nSPS) is 11.1. The van der Waals surface area contributed by atoms with E-state index in [2.05, 4.69) is 10.6 Å². The topological polar surface area (TPSA) is 132 Å². The molecule has 8 nitrogen and oxygen atoms in total. The summed E-state index contributed by atoms with van der Waals surface area (Å²) >= 11 is 0. The minimum Gasteiger partial charge on any atom is -0.459 e. The molecule has 9 heteroatoms. The van der Waals surface area contributed by atoms with Gasteiger partial charge in [-0.05, 0) is 36.2 Å². The van der Waals surface area contributed by atoms with E-state index in [0.717, 1.165) is 0 Å². The zero-order chi connectivity index (χ0) is 18.3. The van der Waals surface area contributed by atoms with E-state index >= 15 is 0 Å². The number of rotatable bonds is 8. The molecule has 1 heterocycles. The average molecular weight is 365 g/mol. The SMILES string of the molecule is NS(=O)(=O)c1cccc(CNC(=O)CCCNC(=O)c2ccco2)c1. The van der Waals surface area contributed by atoms with Crippen molar-refractivity contribution in [3.63, 3.8) is 0 Å². The molecule has 2 aromatic rings. The van der Waals surface area contributed by atoms with Crippen LogP contribution >= 0.6 is 0 Å². The highest BCUT2D eigenvalue weighted by atomic mass is 32.2. The fourth-order valence-electron chi connectivity index (χ4n) is 2.07. The van der Waals surface area contributed by atoms with Gasteiger partial charge in [0.25, 0.3) is 5.91 Å². The van der Waals surface area contributed by atoms with Gasteiger partial charge in [-0.1, -0.05) is 12.1 Å². The van der Waals surface area contributed by atoms with Gasteiger partial charge in [-0.25, -0.2) is 13.6 Å². The van der Waals surface area contributed by atoms with E-state index < -0.39 is 10.0 Å². The number of carbonyl (C=O) groups excluding carboxylic acids is 2. The largest absolute Gasteiger partial charge is 0.459 e. The lowest BCUT2D eigenvalue weighted by Crippen LogP contribution is -2.27. The quantitative estimate of drug-likeness (QED) is 0.594. The number of furan rings is 1. The third kappa shape index (κ3) is 6.05. The maximum atomic E-state index is 11.8. The smallest absolute Gasteiger partial charge is 0.286 e. The van der Waals surface area contributed by atoms with Gasteiger partial charge in [0.1, 0.15) is 0 Å². The number of amides is 2. The Morgan fingerprint density at radius 3 is 2.60 bits per heavy atom. The Hall–Kier alpha value is -2.65. The molecule has 0 radical (unpaired) electrons. The van der Waals surface area contributed by atoms with Crippen molar-refractivity contribution in [3.8, 4) is 0 Å². The Balaban J connectivity index is 1.70. The molecule has 0 aliphatic carbocycles. The molecule has 0 bridgehead atoms. The summed E-state index contributed by atoms with van der Waals surface area (Å²) in [7, 11) is -3.77. The lowest BCUT2D eigenvalue weighted by Gasteiger charge is -2.07. The molecule has 0 saturated heterocycles. The van der Waals surface area contributed by atoms with Crippen LogP contribution in [-0.4, -0.2) is 26.8 Å². The fourth-order valence-corrected chi connectivity index (χ4v) is 2.65. The first-order chi connectivity index (χ1) is 11.9. The Labute approximate surface area is 145 Å². The molecule has 2 amide bonds. The van der Waals surface area contributed by atoms with Crippen molar-refractivity contribution in [1.82, 2.24) is 10.6 Å². The van der Waals surface area contributed by atoms with Crippen LogP contribution in [-0.2, 0) is 21.4 Å². The number of nitrogens with one attached hydrogen (secondary N) is 2. The minimum absolute atomic E-state index is 0.000104. The Morgan fingerprint density at radius 1 is 1.12 bits per heavy atom. The molecule has 0 unspecified atom stereocenters. The van der Waals surface area contributed by atoms with Crippen molar-refractivity contribution in [1.29, 1.82) is 0 Å². The average Bonchev–Trinajstić information content (AvgIpc) is 3.11. The van der Waals surface area contributed by atoms with Crippen molar-refractivity contribution < 1.29 is 22.4 Å². The molecule has 0 fully saturated rings. The molecule has 134 valence electrons. The monoisotopic (exact) mass is 365 g/mol. The second kappa shape index (κ2) is 8.45. The van der Waals surface area contributed by atoms with Crippen molar-refractivity contribution in [2.75, 3.05) is 6.54 Å². The van der Waals surface area contributed by atoms with Crippen LogP contribution in [0.5, 0.6) is 0 Å². The summed E-state index contributed by atoms with van der Waals surface area (Å²) in [5.41, 5.74) is 0.631. The predicted octanol–water partition coefficient (Wildman–Crippen LogP) is 0.753. The van der Waals surface area contributed by atoms with Gasteiger partial charge >= 0.3 is 0 Å². The summed E-state index contributed by atoms with van der Waals surface area (Å²) < 4.78 is 27.5. The Bertz CT molecular complexity index is 831. The van der Waals surface area contributed by atoms with Gasteiger partial charge in [-0.2, -0.15) is 0 Å². The number of nitrogens with two attached hydrogens (primary N) is 1. The van der Waals surface area contributed by atoms with Gasteiger partial charge in [0.05, 0.1) is 11.2 Å². The van der Waals surface area contributed by atoms with Crippen LogP contribution in [0.25, 0.3) is 0 Å². The minimum atomic E-state index is -3.77. The summed E-state index contributed by atoms with van der Waals surface area (Å²) in [6.07, 6.45) is 2.11. The van der Waals surface area contributed by atoms with Crippen molar-refractivity contribution >= 4 is 21.8 Å². The van der Waals surface area contributed by atoms with Crippen LogP contribution in [0.1, 0.15) is 29.0 Å². The van der Waals surface area contributed by atoms with Gasteiger partial charge in [0.15, 0.2) is 5.76 Å². The highest BCUT2D eigenvalue weighted by Gasteiger charge is 2.09. The third-order valence-electron chi connectivity index (χ3n) is 3.33. The predicted molar refractivity (Wildman–Crippen MR) is 89.9 cm³/mol. The zero-order valence-corrected chi connectivity index (χ0v) is 14.2. The van der Waals surface area contributed by atoms with E-state index in [9.17, 15) is 18.0 Å². The van der Waals surface area contributed by atoms with E-state index in [-0.39, 0.29) is 35.4 Å². The maximum Gasteiger partial charge on any atom is 0.286 e. The van der Waals surface area contributed by atoms with Crippen molar-refractivity contribution in [2.24, 2.45) is 5.14 Å². The van der Waals surface area contributed by atoms with E-state index in [1.54, 1.807) is 24.3 Å². The molecule has 2 rings (SSSR count). The number of carbonyl (C=O) groups is 2. The lowest BCUT2D eigenvalue weighted by atomic mass is 10.2. The van der Waals surface area contributed by atoms with Crippen molar-refractivity contribution in [3.05, 3.63) is 54.0 Å². The van der Waals surface area contributed by atoms with Gasteiger partial charge in [-0.15, -0.1) is 0 Å². The zero-order valence-electron chi connectivity index (χ0n) is 13.4. The third-order valence-corrected chi connectivity index (χ3v) is 4.24. The van der Waals surface area contributed by atoms with Gasteiger partial charge < -0.3 is 15.1 Å². The van der Waals surface area contributed by atoms with Gasteiger partial charge in [0, 0.05) is 19.5 Å². The van der Waals surface area contributed by atoms with Crippen LogP contribution in [0, 0.1) is 0 Å². The summed E-state index contributed by atoms with van der Waals surface area (Å²) in [5.74, 6) is -0.308. The second-order valence-corrected chi connectivity index (χ2v) is 6.87. The first kappa shape index (κ1) is 18.7. The van der Waals surface area contributed by atoms with E-state index in [4.69, 9.17) is 9.56 Å². The summed E-state index contributed by atoms with van der Waals surface area (Å²) in [6.45, 7) is 0.537. The molecule has 0 saturated carbocycles. The summed E-state index contributed by atoms with van der Waals surface area (Å²) in [5, 5.41) is 10.4. The highest BCUT2D eigenvalue weighted by Crippen LogP contribution is 2.09. The first-order valence-corrected chi connectivity index (χ1v) is 9.11. The number of benzene rings is 1. The van der Waals surface area contributed by atoms with E-state index in [1.165, 1.54) is 18.4 Å². The molecule has 4 N–H and O–H groups in total. The highest BCUT2D eigenvalue weighted by molar-refractivity contribution is 7.89. The van der Waals surface area contributed by atoms with Crippen LogP contribution in [0.3, 0.4) is 0 Å². The molecule has 0 aliphatic rings. The molecule has 0 spiro atoms. The lowest BCUT2D eigenvalue weighted by molar-refractivity contribution is -0.121. The summed E-state index contributed by atoms with van der Waals surface area (Å²) in [6, 6.07) is 9.23. The van der Waals surface area contributed by atoms with Crippen LogP contribution in [0.4, 0.5) is 0 Å². The Morgan fingerprint density at radius 2 is 1.92 bits per heavy atom. The second-order valence-electron chi connectivity index (χ2n) is 5.31. The van der Waals surface area contributed by atoms with Crippen LogP contribution < -0.4 is 15.8 Å². The fraction of sp³-hybridized carbons (Fsp3) is 0.250. The number of hydrogen-bond acceptors (Lipinski definition) is 5. The maximum absolute atomic E-state index is 11.8. The van der Waals surface area contributed by atoms with Crippen molar-refractivity contribution in [2.45, 2.75) is 24.3 Å². The Kier molecular flexibility index (Phi) is 6.31. The molecule has 25 heavy (non-hydrogen) atoms. The van der Waals surface area contributed by atoms with E-state index in [0.29, 0.717) is 18.5 Å². The number of sulfonamides is 1. The van der Waals surface area contributed by atoms with Crippen LogP contribution in [0.2, 0.25) is 0 Å². The molecular weight excluding hydrogens is 346 g/mol.